The maximum atomic E-state index is 14.0. The molecule has 1 fully saturated rings. The Balaban J connectivity index is 1.34. The van der Waals surface area contributed by atoms with Crippen molar-refractivity contribution in [2.24, 2.45) is 0 Å². The average Bonchev–Trinajstić information content (AvgIpc) is 3.90. The fraction of sp³-hybridized carbons (Fsp3) is 0.297. The van der Waals surface area contributed by atoms with Crippen LogP contribution in [-0.4, -0.2) is 50.9 Å². The molecule has 46 heavy (non-hydrogen) atoms. The number of sulfonamides is 1. The number of ether oxygens (including phenoxy) is 1. The molecule has 0 radical (unpaired) electrons. The van der Waals surface area contributed by atoms with E-state index in [4.69, 9.17) is 4.74 Å². The van der Waals surface area contributed by atoms with Crippen molar-refractivity contribution in [1.29, 1.82) is 0 Å². The van der Waals surface area contributed by atoms with Crippen LogP contribution in [0.2, 0.25) is 0 Å². The van der Waals surface area contributed by atoms with Gasteiger partial charge in [0.15, 0.2) is 0 Å². The third kappa shape index (κ3) is 9.52. The summed E-state index contributed by atoms with van der Waals surface area (Å²) in [5, 5.41) is 3.09. The third-order valence-corrected chi connectivity index (χ3v) is 9.64. The van der Waals surface area contributed by atoms with Gasteiger partial charge in [0.25, 0.3) is 0 Å². The first-order valence-electron chi connectivity index (χ1n) is 15.7. The van der Waals surface area contributed by atoms with Crippen molar-refractivity contribution < 1.29 is 22.7 Å². The molecule has 2 N–H and O–H groups in total. The lowest BCUT2D eigenvalue weighted by Crippen LogP contribution is -2.50. The Kier molecular flexibility index (Phi) is 11.2. The lowest BCUT2D eigenvalue weighted by molar-refractivity contribution is -0.141. The molecule has 5 rings (SSSR count). The molecule has 0 bridgehead atoms. The SMILES string of the molecule is COc1ccc(CN(C(=O)CCc2ccc(S(=O)(=O)NC3CC3)cc2)[C@H](Cc2ccccc2)C(=O)NCCc2ccccc2)cc1. The molecule has 1 saturated carbocycles. The standard InChI is InChI=1S/C37H41N3O5S/c1-45-33-19-12-31(13-20-33)27-40(36(41)23-16-29-14-21-34(22-15-29)46(43,44)39-32-17-18-32)35(26-30-10-6-3-7-11-30)37(42)38-25-24-28-8-4-2-5-9-28/h2-15,19-22,32,35,39H,16-18,23-27H2,1H3,(H,38,42)/t35-/m1/s1. The number of carbonyl (C=O) groups excluding carboxylic acids is 2. The lowest BCUT2D eigenvalue weighted by atomic mass is 10.0. The Morgan fingerprint density at radius 1 is 0.783 bits per heavy atom. The van der Waals surface area contributed by atoms with Crippen molar-refractivity contribution >= 4 is 21.8 Å². The van der Waals surface area contributed by atoms with E-state index in [0.717, 1.165) is 35.1 Å². The van der Waals surface area contributed by atoms with Gasteiger partial charge in [-0.15, -0.1) is 0 Å². The number of nitrogens with zero attached hydrogens (tertiary/aromatic N) is 1. The van der Waals surface area contributed by atoms with Gasteiger partial charge in [-0.25, -0.2) is 13.1 Å². The summed E-state index contributed by atoms with van der Waals surface area (Å²) in [7, 11) is -1.95. The number of carbonyl (C=O) groups is 2. The Labute approximate surface area is 271 Å². The van der Waals surface area contributed by atoms with Crippen LogP contribution in [0.15, 0.2) is 114 Å². The van der Waals surface area contributed by atoms with Crippen LogP contribution in [0, 0.1) is 0 Å². The predicted molar refractivity (Wildman–Crippen MR) is 179 cm³/mol. The highest BCUT2D eigenvalue weighted by atomic mass is 32.2. The summed E-state index contributed by atoms with van der Waals surface area (Å²) in [5.74, 6) is 0.334. The van der Waals surface area contributed by atoms with Crippen molar-refractivity contribution in [3.05, 3.63) is 131 Å². The molecule has 4 aromatic rings. The van der Waals surface area contributed by atoms with Gasteiger partial charge < -0.3 is 15.0 Å². The van der Waals surface area contributed by atoms with Crippen LogP contribution in [0.5, 0.6) is 5.75 Å². The fourth-order valence-corrected chi connectivity index (χ4v) is 6.60. The van der Waals surface area contributed by atoms with E-state index in [0.29, 0.717) is 31.6 Å². The van der Waals surface area contributed by atoms with Crippen molar-refractivity contribution in [3.63, 3.8) is 0 Å². The number of amides is 2. The molecular formula is C37H41N3O5S. The molecule has 0 saturated heterocycles. The van der Waals surface area contributed by atoms with Gasteiger partial charge in [0.2, 0.25) is 21.8 Å². The van der Waals surface area contributed by atoms with Crippen LogP contribution < -0.4 is 14.8 Å². The zero-order valence-corrected chi connectivity index (χ0v) is 26.9. The molecular weight excluding hydrogens is 598 g/mol. The Morgan fingerprint density at radius 3 is 1.98 bits per heavy atom. The number of rotatable bonds is 16. The second-order valence-corrected chi connectivity index (χ2v) is 13.4. The molecule has 0 unspecified atom stereocenters. The van der Waals surface area contributed by atoms with Gasteiger partial charge in [0.05, 0.1) is 12.0 Å². The Bertz CT molecular complexity index is 1670. The van der Waals surface area contributed by atoms with Gasteiger partial charge in [-0.05, 0) is 72.2 Å². The number of nitrogens with one attached hydrogen (secondary N) is 2. The molecule has 9 heteroatoms. The first kappa shape index (κ1) is 32.9. The zero-order chi connectivity index (χ0) is 32.4. The number of benzene rings is 4. The Hall–Kier alpha value is -4.47. The van der Waals surface area contributed by atoms with Gasteiger partial charge in [-0.3, -0.25) is 9.59 Å². The van der Waals surface area contributed by atoms with E-state index in [9.17, 15) is 18.0 Å². The molecule has 0 heterocycles. The summed E-state index contributed by atoms with van der Waals surface area (Å²) in [6, 6.07) is 33.1. The zero-order valence-electron chi connectivity index (χ0n) is 26.1. The third-order valence-electron chi connectivity index (χ3n) is 8.10. The summed E-state index contributed by atoms with van der Waals surface area (Å²) in [6.07, 6.45) is 3.33. The first-order chi connectivity index (χ1) is 22.3. The summed E-state index contributed by atoms with van der Waals surface area (Å²) in [6.45, 7) is 0.694. The number of hydrogen-bond acceptors (Lipinski definition) is 5. The molecule has 2 amide bonds. The van der Waals surface area contributed by atoms with Crippen LogP contribution >= 0.6 is 0 Å². The fourth-order valence-electron chi connectivity index (χ4n) is 5.29. The second-order valence-electron chi connectivity index (χ2n) is 11.6. The highest BCUT2D eigenvalue weighted by Gasteiger charge is 2.31. The maximum Gasteiger partial charge on any atom is 0.243 e. The van der Waals surface area contributed by atoms with Gasteiger partial charge in [0, 0.05) is 32.0 Å². The van der Waals surface area contributed by atoms with E-state index in [2.05, 4.69) is 10.0 Å². The lowest BCUT2D eigenvalue weighted by Gasteiger charge is -2.32. The Morgan fingerprint density at radius 2 is 1.37 bits per heavy atom. The molecule has 0 spiro atoms. The highest BCUT2D eigenvalue weighted by molar-refractivity contribution is 7.89. The van der Waals surface area contributed by atoms with Gasteiger partial charge in [0.1, 0.15) is 11.8 Å². The van der Waals surface area contributed by atoms with Gasteiger partial charge >= 0.3 is 0 Å². The minimum atomic E-state index is -3.55. The summed E-state index contributed by atoms with van der Waals surface area (Å²) in [4.78, 5) is 29.8. The molecule has 4 aromatic carbocycles. The van der Waals surface area contributed by atoms with E-state index in [1.807, 2.05) is 84.9 Å². The van der Waals surface area contributed by atoms with Crippen LogP contribution in [0.4, 0.5) is 0 Å². The highest BCUT2D eigenvalue weighted by Crippen LogP contribution is 2.23. The van der Waals surface area contributed by atoms with E-state index in [1.165, 1.54) is 0 Å². The largest absolute Gasteiger partial charge is 0.497 e. The van der Waals surface area contributed by atoms with Gasteiger partial charge in [-0.2, -0.15) is 0 Å². The molecule has 1 atom stereocenters. The molecule has 1 aliphatic carbocycles. The van der Waals surface area contributed by atoms with E-state index >= 15 is 0 Å². The molecule has 1 aliphatic rings. The number of aryl methyl sites for hydroxylation is 1. The minimum Gasteiger partial charge on any atom is -0.497 e. The molecule has 0 aliphatic heterocycles. The molecule has 8 nitrogen and oxygen atoms in total. The topological polar surface area (TPSA) is 105 Å². The van der Waals surface area contributed by atoms with E-state index in [-0.39, 0.29) is 35.7 Å². The van der Waals surface area contributed by atoms with Crippen LogP contribution in [0.25, 0.3) is 0 Å². The number of hydrogen-bond donors (Lipinski definition) is 2. The van der Waals surface area contributed by atoms with Gasteiger partial charge in [-0.1, -0.05) is 84.9 Å². The normalized spacial score (nSPS) is 13.5. The van der Waals surface area contributed by atoms with Crippen LogP contribution in [0.3, 0.4) is 0 Å². The summed E-state index contributed by atoms with van der Waals surface area (Å²) in [5.41, 5.74) is 3.79. The summed E-state index contributed by atoms with van der Waals surface area (Å²) >= 11 is 0. The number of methoxy groups -OCH3 is 1. The smallest absolute Gasteiger partial charge is 0.243 e. The van der Waals surface area contributed by atoms with Crippen LogP contribution in [0.1, 0.15) is 41.5 Å². The first-order valence-corrected chi connectivity index (χ1v) is 17.2. The summed E-state index contributed by atoms with van der Waals surface area (Å²) < 4.78 is 33.2. The average molecular weight is 640 g/mol. The van der Waals surface area contributed by atoms with E-state index in [1.54, 1.807) is 36.3 Å². The van der Waals surface area contributed by atoms with Crippen LogP contribution in [-0.2, 0) is 45.4 Å². The quantitative estimate of drug-likeness (QED) is 0.178. The molecule has 0 aromatic heterocycles. The monoisotopic (exact) mass is 639 g/mol. The van der Waals surface area contributed by atoms with Crippen molar-refractivity contribution in [2.45, 2.75) is 62.0 Å². The van der Waals surface area contributed by atoms with Crippen molar-refractivity contribution in [3.8, 4) is 5.75 Å². The maximum absolute atomic E-state index is 14.0. The van der Waals surface area contributed by atoms with Crippen molar-refractivity contribution in [1.82, 2.24) is 14.9 Å². The predicted octanol–water partition coefficient (Wildman–Crippen LogP) is 5.07. The van der Waals surface area contributed by atoms with Crippen molar-refractivity contribution in [2.75, 3.05) is 13.7 Å². The molecule has 240 valence electrons. The second kappa shape index (κ2) is 15.7. The minimum absolute atomic E-state index is 0.0263. The van der Waals surface area contributed by atoms with E-state index < -0.39 is 16.1 Å².